The second kappa shape index (κ2) is 4.54. The lowest BCUT2D eigenvalue weighted by Crippen LogP contribution is -1.98. The maximum atomic E-state index is 10.0. The van der Waals surface area contributed by atoms with Gasteiger partial charge in [-0.2, -0.15) is 11.3 Å². The molecule has 0 saturated carbocycles. The van der Waals surface area contributed by atoms with Gasteiger partial charge in [-0.1, -0.05) is 23.2 Å². The first-order valence-corrected chi connectivity index (χ1v) is 6.03. The van der Waals surface area contributed by atoms with Crippen molar-refractivity contribution in [1.82, 2.24) is 0 Å². The van der Waals surface area contributed by atoms with Crippen LogP contribution in [0.1, 0.15) is 17.2 Å². The summed E-state index contributed by atoms with van der Waals surface area (Å²) in [5, 5.41) is 15.0. The summed E-state index contributed by atoms with van der Waals surface area (Å²) in [5.74, 6) is 0. The van der Waals surface area contributed by atoms with Gasteiger partial charge in [0.2, 0.25) is 0 Å². The van der Waals surface area contributed by atoms with Crippen LogP contribution in [0, 0.1) is 0 Å². The number of rotatable bonds is 2. The molecule has 0 radical (unpaired) electrons. The molecule has 1 aromatic carbocycles. The lowest BCUT2D eigenvalue weighted by Gasteiger charge is -2.11. The van der Waals surface area contributed by atoms with Crippen LogP contribution in [0.3, 0.4) is 0 Å². The minimum Gasteiger partial charge on any atom is -0.384 e. The number of benzene rings is 1. The van der Waals surface area contributed by atoms with Crippen molar-refractivity contribution in [3.05, 3.63) is 56.2 Å². The van der Waals surface area contributed by atoms with Gasteiger partial charge in [-0.05, 0) is 40.6 Å². The summed E-state index contributed by atoms with van der Waals surface area (Å²) in [4.78, 5) is 0. The Morgan fingerprint density at radius 2 is 2.00 bits per heavy atom. The van der Waals surface area contributed by atoms with E-state index in [2.05, 4.69) is 0 Å². The van der Waals surface area contributed by atoms with Crippen LogP contribution < -0.4 is 0 Å². The van der Waals surface area contributed by atoms with Gasteiger partial charge >= 0.3 is 0 Å². The Balaban J connectivity index is 2.41. The summed E-state index contributed by atoms with van der Waals surface area (Å²) in [6, 6.07) is 6.95. The molecule has 0 bridgehead atoms. The summed E-state index contributed by atoms with van der Waals surface area (Å²) >= 11 is 13.4. The molecule has 1 nitrogen and oxygen atoms in total. The molecule has 2 aromatic rings. The third-order valence-corrected chi connectivity index (χ3v) is 3.39. The average Bonchev–Trinajstić information content (AvgIpc) is 2.74. The van der Waals surface area contributed by atoms with Crippen LogP contribution in [-0.2, 0) is 0 Å². The van der Waals surface area contributed by atoms with Gasteiger partial charge in [0.25, 0.3) is 0 Å². The Kier molecular flexibility index (Phi) is 3.32. The van der Waals surface area contributed by atoms with E-state index in [1.54, 1.807) is 18.2 Å². The summed E-state index contributed by atoms with van der Waals surface area (Å²) in [6.45, 7) is 0. The fourth-order valence-electron chi connectivity index (χ4n) is 1.33. The Labute approximate surface area is 102 Å². The van der Waals surface area contributed by atoms with Gasteiger partial charge in [-0.25, -0.2) is 0 Å². The quantitative estimate of drug-likeness (QED) is 0.859. The minimum absolute atomic E-state index is 0.526. The predicted molar refractivity (Wildman–Crippen MR) is 64.8 cm³/mol. The highest BCUT2D eigenvalue weighted by molar-refractivity contribution is 7.08. The van der Waals surface area contributed by atoms with Crippen molar-refractivity contribution in [2.75, 3.05) is 0 Å². The molecule has 1 aromatic heterocycles. The number of halogens is 2. The van der Waals surface area contributed by atoms with E-state index in [4.69, 9.17) is 23.2 Å². The molecule has 0 spiro atoms. The first-order valence-electron chi connectivity index (χ1n) is 4.33. The molecule has 1 unspecified atom stereocenters. The van der Waals surface area contributed by atoms with Crippen LogP contribution in [0.4, 0.5) is 0 Å². The van der Waals surface area contributed by atoms with E-state index in [9.17, 15) is 5.11 Å². The van der Waals surface area contributed by atoms with Crippen molar-refractivity contribution in [2.45, 2.75) is 6.10 Å². The third kappa shape index (κ3) is 2.34. The fraction of sp³-hybridized carbons (Fsp3) is 0.0909. The zero-order valence-electron chi connectivity index (χ0n) is 7.65. The van der Waals surface area contributed by atoms with E-state index >= 15 is 0 Å². The molecule has 0 fully saturated rings. The molecular weight excluding hydrogens is 251 g/mol. The Hall–Kier alpha value is -0.540. The highest BCUT2D eigenvalue weighted by Crippen LogP contribution is 2.31. The van der Waals surface area contributed by atoms with Gasteiger partial charge in [-0.15, -0.1) is 0 Å². The van der Waals surface area contributed by atoms with Gasteiger partial charge in [-0.3, -0.25) is 0 Å². The molecule has 1 atom stereocenters. The Morgan fingerprint density at radius 3 is 2.67 bits per heavy atom. The van der Waals surface area contributed by atoms with Crippen LogP contribution in [0.15, 0.2) is 35.0 Å². The van der Waals surface area contributed by atoms with Crippen molar-refractivity contribution in [3.8, 4) is 0 Å². The predicted octanol–water partition coefficient (Wildman–Crippen LogP) is 4.14. The molecule has 0 aliphatic carbocycles. The normalized spacial score (nSPS) is 12.7. The monoisotopic (exact) mass is 258 g/mol. The van der Waals surface area contributed by atoms with Gasteiger partial charge in [0.05, 0.1) is 0 Å². The molecule has 0 aliphatic rings. The largest absolute Gasteiger partial charge is 0.384 e. The number of hydrogen-bond acceptors (Lipinski definition) is 2. The van der Waals surface area contributed by atoms with Crippen LogP contribution in [0.2, 0.25) is 10.0 Å². The highest BCUT2D eigenvalue weighted by Gasteiger charge is 2.14. The van der Waals surface area contributed by atoms with Crippen molar-refractivity contribution in [1.29, 1.82) is 0 Å². The SMILES string of the molecule is OC(c1ccsc1)c1cc(Cl)ccc1Cl. The lowest BCUT2D eigenvalue weighted by molar-refractivity contribution is 0.221. The van der Waals surface area contributed by atoms with Gasteiger partial charge in [0.1, 0.15) is 6.10 Å². The standard InChI is InChI=1S/C11H8Cl2OS/c12-8-1-2-10(13)9(5-8)11(14)7-3-4-15-6-7/h1-6,11,14H. The minimum atomic E-state index is -0.706. The molecule has 0 amide bonds. The van der Waals surface area contributed by atoms with Crippen LogP contribution in [0.5, 0.6) is 0 Å². The van der Waals surface area contributed by atoms with Gasteiger partial charge < -0.3 is 5.11 Å². The number of thiophene rings is 1. The van der Waals surface area contributed by atoms with Crippen molar-refractivity contribution in [2.24, 2.45) is 0 Å². The van der Waals surface area contributed by atoms with E-state index in [1.807, 2.05) is 16.8 Å². The fourth-order valence-corrected chi connectivity index (χ4v) is 2.41. The number of aliphatic hydroxyl groups excluding tert-OH is 1. The first kappa shape index (κ1) is 11.0. The van der Waals surface area contributed by atoms with E-state index in [0.717, 1.165) is 5.56 Å². The molecule has 78 valence electrons. The first-order chi connectivity index (χ1) is 7.18. The van der Waals surface area contributed by atoms with E-state index in [1.165, 1.54) is 11.3 Å². The van der Waals surface area contributed by atoms with Crippen molar-refractivity contribution < 1.29 is 5.11 Å². The number of aliphatic hydroxyl groups is 1. The second-order valence-corrected chi connectivity index (χ2v) is 4.75. The van der Waals surface area contributed by atoms with Gasteiger partial charge in [0, 0.05) is 15.6 Å². The molecule has 4 heteroatoms. The summed E-state index contributed by atoms with van der Waals surface area (Å²) < 4.78 is 0. The summed E-state index contributed by atoms with van der Waals surface area (Å²) in [6.07, 6.45) is -0.706. The van der Waals surface area contributed by atoms with E-state index in [-0.39, 0.29) is 0 Å². The van der Waals surface area contributed by atoms with Crippen molar-refractivity contribution in [3.63, 3.8) is 0 Å². The smallest absolute Gasteiger partial charge is 0.106 e. The molecule has 0 aliphatic heterocycles. The molecular formula is C11H8Cl2OS. The average molecular weight is 259 g/mol. The Morgan fingerprint density at radius 1 is 1.20 bits per heavy atom. The number of hydrogen-bond donors (Lipinski definition) is 1. The topological polar surface area (TPSA) is 20.2 Å². The second-order valence-electron chi connectivity index (χ2n) is 3.13. The molecule has 2 rings (SSSR count). The zero-order valence-corrected chi connectivity index (χ0v) is 9.98. The van der Waals surface area contributed by atoms with Gasteiger partial charge in [0.15, 0.2) is 0 Å². The lowest BCUT2D eigenvalue weighted by atomic mass is 10.0. The van der Waals surface area contributed by atoms with Crippen LogP contribution in [-0.4, -0.2) is 5.11 Å². The van der Waals surface area contributed by atoms with Crippen LogP contribution in [0.25, 0.3) is 0 Å². The van der Waals surface area contributed by atoms with Crippen molar-refractivity contribution >= 4 is 34.5 Å². The zero-order chi connectivity index (χ0) is 10.8. The van der Waals surface area contributed by atoms with E-state index in [0.29, 0.717) is 15.6 Å². The highest BCUT2D eigenvalue weighted by atomic mass is 35.5. The van der Waals surface area contributed by atoms with Crippen LogP contribution >= 0.6 is 34.5 Å². The summed E-state index contributed by atoms with van der Waals surface area (Å²) in [7, 11) is 0. The van der Waals surface area contributed by atoms with E-state index < -0.39 is 6.10 Å². The maximum Gasteiger partial charge on any atom is 0.106 e. The molecule has 0 saturated heterocycles. The molecule has 1 N–H and O–H groups in total. The Bertz CT molecular complexity index is 454. The molecule has 1 heterocycles. The third-order valence-electron chi connectivity index (χ3n) is 2.11. The summed E-state index contributed by atoms with van der Waals surface area (Å²) in [5.41, 5.74) is 1.48. The maximum absolute atomic E-state index is 10.0. The molecule has 15 heavy (non-hydrogen) atoms.